The molecule has 0 aromatic heterocycles. The van der Waals surface area contributed by atoms with Gasteiger partial charge in [-0.1, -0.05) is 6.58 Å². The topological polar surface area (TPSA) is 39.7 Å². The second kappa shape index (κ2) is 12.1. The van der Waals surface area contributed by atoms with E-state index in [1.165, 1.54) is 0 Å². The summed E-state index contributed by atoms with van der Waals surface area (Å²) in [6, 6.07) is 0. The highest BCUT2D eigenvalue weighted by Gasteiger charge is 2.33. The first-order valence-corrected chi connectivity index (χ1v) is 5.34. The fourth-order valence-corrected chi connectivity index (χ4v) is 1.50. The Labute approximate surface area is 88.0 Å². The van der Waals surface area contributed by atoms with Crippen molar-refractivity contribution in [2.45, 2.75) is 0 Å². The molecule has 0 radical (unpaired) electrons. The summed E-state index contributed by atoms with van der Waals surface area (Å²) in [7, 11) is 5.95. The van der Waals surface area contributed by atoms with E-state index in [0.29, 0.717) is 0 Å². The summed E-state index contributed by atoms with van der Waals surface area (Å²) in [6.45, 7) is 3.53. The summed E-state index contributed by atoms with van der Waals surface area (Å²) in [5.41, 5.74) is 1.58. The highest BCUT2D eigenvalue weighted by atomic mass is 35.5. The lowest BCUT2D eigenvalue weighted by Gasteiger charge is -2.19. The first-order chi connectivity index (χ1) is 5.66. The molecule has 0 rings (SSSR count). The normalized spacial score (nSPS) is 9.31. The molecular formula is C7H20ClNO3Si. The SMILES string of the molecule is C=C[Si](OC)(OC)OC.CNC.Cl. The summed E-state index contributed by atoms with van der Waals surface area (Å²) in [5, 5.41) is 2.75. The maximum Gasteiger partial charge on any atom is 0.528 e. The maximum absolute atomic E-state index is 4.96. The van der Waals surface area contributed by atoms with E-state index < -0.39 is 8.80 Å². The van der Waals surface area contributed by atoms with Crippen LogP contribution in [0.4, 0.5) is 0 Å². The van der Waals surface area contributed by atoms with E-state index >= 15 is 0 Å². The van der Waals surface area contributed by atoms with Crippen LogP contribution >= 0.6 is 12.4 Å². The van der Waals surface area contributed by atoms with Crippen LogP contribution < -0.4 is 5.32 Å². The van der Waals surface area contributed by atoms with Crippen LogP contribution in [-0.2, 0) is 13.3 Å². The van der Waals surface area contributed by atoms with Crippen LogP contribution in [0.15, 0.2) is 12.3 Å². The minimum Gasteiger partial charge on any atom is -0.374 e. The van der Waals surface area contributed by atoms with Gasteiger partial charge in [0.2, 0.25) is 0 Å². The number of nitrogens with one attached hydrogen (secondary N) is 1. The number of hydrogen-bond acceptors (Lipinski definition) is 4. The third-order valence-corrected chi connectivity index (χ3v) is 3.31. The molecule has 0 spiro atoms. The molecule has 0 unspecified atom stereocenters. The van der Waals surface area contributed by atoms with Gasteiger partial charge in [-0.2, -0.15) is 0 Å². The van der Waals surface area contributed by atoms with Crippen LogP contribution in [0.5, 0.6) is 0 Å². The van der Waals surface area contributed by atoms with Gasteiger partial charge in [0.15, 0.2) is 0 Å². The zero-order valence-electron chi connectivity index (χ0n) is 8.92. The van der Waals surface area contributed by atoms with Gasteiger partial charge in [-0.25, -0.2) is 0 Å². The molecule has 0 saturated heterocycles. The Bertz CT molecular complexity index is 104. The first kappa shape index (κ1) is 18.8. The third kappa shape index (κ3) is 8.42. The van der Waals surface area contributed by atoms with E-state index in [-0.39, 0.29) is 12.4 Å². The first-order valence-electron chi connectivity index (χ1n) is 3.53. The van der Waals surface area contributed by atoms with Crippen molar-refractivity contribution in [3.63, 3.8) is 0 Å². The second-order valence-corrected chi connectivity index (χ2v) is 4.76. The van der Waals surface area contributed by atoms with E-state index in [1.54, 1.807) is 27.0 Å². The van der Waals surface area contributed by atoms with Gasteiger partial charge in [-0.05, 0) is 19.8 Å². The van der Waals surface area contributed by atoms with E-state index in [1.807, 2.05) is 14.1 Å². The van der Waals surface area contributed by atoms with Gasteiger partial charge in [0.25, 0.3) is 0 Å². The lowest BCUT2D eigenvalue weighted by atomic mass is 11.3. The molecule has 0 aliphatic carbocycles. The standard InChI is InChI=1S/C5H12O3Si.C2H7N.ClH/c1-5-9(6-2,7-3)8-4;1-3-2;/h5H,1H2,2-4H3;3H,1-2H3;1H. The second-order valence-electron chi connectivity index (χ2n) is 1.92. The quantitative estimate of drug-likeness (QED) is 0.726. The monoisotopic (exact) mass is 229 g/mol. The average Bonchev–Trinajstić information content (AvgIpc) is 2.11. The van der Waals surface area contributed by atoms with Crippen molar-refractivity contribution in [2.75, 3.05) is 35.4 Å². The van der Waals surface area contributed by atoms with Crippen LogP contribution in [0.25, 0.3) is 0 Å². The zero-order chi connectivity index (χ0) is 10.0. The van der Waals surface area contributed by atoms with E-state index in [9.17, 15) is 0 Å². The number of rotatable bonds is 4. The van der Waals surface area contributed by atoms with Gasteiger partial charge in [-0.15, -0.1) is 12.4 Å². The Balaban J connectivity index is -0.000000220. The molecule has 0 amide bonds. The van der Waals surface area contributed by atoms with Crippen molar-refractivity contribution in [1.29, 1.82) is 0 Å². The van der Waals surface area contributed by atoms with Gasteiger partial charge >= 0.3 is 8.80 Å². The lowest BCUT2D eigenvalue weighted by molar-refractivity contribution is 0.138. The van der Waals surface area contributed by atoms with Crippen molar-refractivity contribution in [3.05, 3.63) is 12.3 Å². The predicted octanol–water partition coefficient (Wildman–Crippen LogP) is 0.847. The van der Waals surface area contributed by atoms with Gasteiger partial charge in [0.05, 0.1) is 0 Å². The lowest BCUT2D eigenvalue weighted by Crippen LogP contribution is -2.40. The van der Waals surface area contributed by atoms with Crippen molar-refractivity contribution in [1.82, 2.24) is 5.32 Å². The molecule has 13 heavy (non-hydrogen) atoms. The molecular weight excluding hydrogens is 210 g/mol. The van der Waals surface area contributed by atoms with E-state index in [0.717, 1.165) is 0 Å². The summed E-state index contributed by atoms with van der Waals surface area (Å²) < 4.78 is 14.9. The van der Waals surface area contributed by atoms with Crippen LogP contribution in [0, 0.1) is 0 Å². The molecule has 0 heterocycles. The van der Waals surface area contributed by atoms with Crippen LogP contribution in [0.3, 0.4) is 0 Å². The molecule has 0 aliphatic heterocycles. The Morgan fingerprint density at radius 1 is 1.08 bits per heavy atom. The Hall–Kier alpha value is 0.0869. The van der Waals surface area contributed by atoms with Gasteiger partial charge < -0.3 is 18.6 Å². The third-order valence-electron chi connectivity index (χ3n) is 1.10. The average molecular weight is 230 g/mol. The fourth-order valence-electron chi connectivity index (χ4n) is 0.500. The van der Waals surface area contributed by atoms with E-state index in [4.69, 9.17) is 13.3 Å². The highest BCUT2D eigenvalue weighted by Crippen LogP contribution is 2.04. The molecule has 0 aromatic rings. The molecule has 0 aliphatic rings. The largest absolute Gasteiger partial charge is 0.528 e. The molecule has 1 N–H and O–H groups in total. The van der Waals surface area contributed by atoms with Crippen molar-refractivity contribution < 1.29 is 13.3 Å². The molecule has 0 aromatic carbocycles. The minimum absolute atomic E-state index is 0. The van der Waals surface area contributed by atoms with Crippen molar-refractivity contribution in [2.24, 2.45) is 0 Å². The number of halogens is 1. The fraction of sp³-hybridized carbons (Fsp3) is 0.714. The molecule has 0 fully saturated rings. The summed E-state index contributed by atoms with van der Waals surface area (Å²) >= 11 is 0. The van der Waals surface area contributed by atoms with Gasteiger partial charge in [0.1, 0.15) is 0 Å². The molecule has 82 valence electrons. The van der Waals surface area contributed by atoms with E-state index in [2.05, 4.69) is 11.9 Å². The smallest absolute Gasteiger partial charge is 0.374 e. The van der Waals surface area contributed by atoms with Gasteiger partial charge in [0, 0.05) is 21.3 Å². The summed E-state index contributed by atoms with van der Waals surface area (Å²) in [6.07, 6.45) is 0. The molecule has 0 bridgehead atoms. The van der Waals surface area contributed by atoms with Crippen molar-refractivity contribution in [3.8, 4) is 0 Å². The molecule has 0 atom stereocenters. The summed E-state index contributed by atoms with van der Waals surface area (Å²) in [5.74, 6) is 0. The molecule has 6 heteroatoms. The molecule has 4 nitrogen and oxygen atoms in total. The summed E-state index contributed by atoms with van der Waals surface area (Å²) in [4.78, 5) is 0. The van der Waals surface area contributed by atoms with Crippen molar-refractivity contribution >= 4 is 21.2 Å². The minimum atomic E-state index is -2.43. The zero-order valence-corrected chi connectivity index (χ0v) is 10.7. The van der Waals surface area contributed by atoms with Crippen LogP contribution in [0.2, 0.25) is 0 Å². The molecule has 0 saturated carbocycles. The van der Waals surface area contributed by atoms with Gasteiger partial charge in [-0.3, -0.25) is 0 Å². The predicted molar refractivity (Wildman–Crippen MR) is 59.2 cm³/mol. The Morgan fingerprint density at radius 3 is 1.31 bits per heavy atom. The van der Waals surface area contributed by atoms with Crippen LogP contribution in [0.1, 0.15) is 0 Å². The maximum atomic E-state index is 4.96. The highest BCUT2D eigenvalue weighted by molar-refractivity contribution is 6.66. The number of hydrogen-bond donors (Lipinski definition) is 1. The van der Waals surface area contributed by atoms with Crippen LogP contribution in [-0.4, -0.2) is 44.2 Å². The Morgan fingerprint density at radius 2 is 1.31 bits per heavy atom. The Kier molecular flexibility index (Phi) is 17.5.